The van der Waals surface area contributed by atoms with Crippen LogP contribution in [-0.2, 0) is 5.11 Å². The highest BCUT2D eigenvalue weighted by molar-refractivity contribution is 4.69. The van der Waals surface area contributed by atoms with Crippen LogP contribution in [-0.4, -0.2) is 55.7 Å². The fraction of sp³-hybridized carbons (Fsp3) is 1.00. The monoisotopic (exact) mass is 157 g/mol. The first kappa shape index (κ1) is 8.97. The van der Waals surface area contributed by atoms with Crippen LogP contribution >= 0.6 is 0 Å². The van der Waals surface area contributed by atoms with E-state index >= 15 is 0 Å². The topological polar surface area (TPSA) is 26.4 Å². The minimum Gasteiger partial charge on any atom is -0.301 e. The van der Waals surface area contributed by atoms with Crippen molar-refractivity contribution in [3.8, 4) is 0 Å². The lowest BCUT2D eigenvalue weighted by atomic mass is 10.3. The van der Waals surface area contributed by atoms with Crippen LogP contribution in [0.2, 0.25) is 0 Å². The number of rotatable bonds is 3. The Balaban J connectivity index is 2.14. The highest BCUT2D eigenvalue weighted by Gasteiger charge is 2.13. The Morgan fingerprint density at radius 2 is 1.64 bits per heavy atom. The third-order valence-corrected chi connectivity index (χ3v) is 2.32. The third kappa shape index (κ3) is 2.77. The first-order valence-corrected chi connectivity index (χ1v) is 4.39. The predicted molar refractivity (Wildman–Crippen MR) is 44.1 cm³/mol. The summed E-state index contributed by atoms with van der Waals surface area (Å²) in [5.74, 6) is 0. The Bertz CT molecular complexity index is 100. The first-order chi connectivity index (χ1) is 5.36. The van der Waals surface area contributed by atoms with Gasteiger partial charge in [-0.3, -0.25) is 4.90 Å². The molecule has 0 aromatic carbocycles. The number of likely N-dealkylation sites (N-methyl/N-ethyl adjacent to an activating group) is 1. The van der Waals surface area contributed by atoms with E-state index in [2.05, 4.69) is 16.7 Å². The van der Waals surface area contributed by atoms with Crippen molar-refractivity contribution in [2.45, 2.75) is 6.92 Å². The van der Waals surface area contributed by atoms with Crippen molar-refractivity contribution in [1.29, 1.82) is 0 Å². The first-order valence-electron chi connectivity index (χ1n) is 4.39. The van der Waals surface area contributed by atoms with E-state index in [0.717, 1.165) is 39.3 Å². The lowest BCUT2D eigenvalue weighted by molar-refractivity contribution is 0.0947. The molecule has 0 saturated carbocycles. The summed E-state index contributed by atoms with van der Waals surface area (Å²) < 4.78 is 0. The van der Waals surface area contributed by atoms with Crippen molar-refractivity contribution in [2.75, 3.05) is 45.9 Å². The summed E-state index contributed by atoms with van der Waals surface area (Å²) in [5.41, 5.74) is 0. The van der Waals surface area contributed by atoms with E-state index in [-0.39, 0.29) is 6.61 Å². The molecule has 1 fully saturated rings. The van der Waals surface area contributed by atoms with Gasteiger partial charge in [0, 0.05) is 32.7 Å². The smallest absolute Gasteiger partial charge is 0.0949 e. The van der Waals surface area contributed by atoms with Crippen LogP contribution in [0.4, 0.5) is 0 Å². The van der Waals surface area contributed by atoms with Crippen LogP contribution in [0.3, 0.4) is 0 Å². The van der Waals surface area contributed by atoms with Gasteiger partial charge >= 0.3 is 0 Å². The summed E-state index contributed by atoms with van der Waals surface area (Å²) in [6, 6.07) is 0. The van der Waals surface area contributed by atoms with E-state index in [9.17, 15) is 5.11 Å². The largest absolute Gasteiger partial charge is 0.301 e. The minimum atomic E-state index is 0.0477. The zero-order valence-electron chi connectivity index (χ0n) is 7.25. The molecule has 65 valence electrons. The van der Waals surface area contributed by atoms with Crippen molar-refractivity contribution in [1.82, 2.24) is 9.80 Å². The summed E-state index contributed by atoms with van der Waals surface area (Å²) in [6.07, 6.45) is 0. The van der Waals surface area contributed by atoms with Crippen LogP contribution < -0.4 is 0 Å². The summed E-state index contributed by atoms with van der Waals surface area (Å²) in [7, 11) is 0. The molecular weight excluding hydrogens is 140 g/mol. The molecule has 1 radical (unpaired) electrons. The Kier molecular flexibility index (Phi) is 3.83. The van der Waals surface area contributed by atoms with E-state index in [1.165, 1.54) is 0 Å². The Labute approximate surface area is 68.6 Å². The molecule has 3 nitrogen and oxygen atoms in total. The van der Waals surface area contributed by atoms with Gasteiger partial charge in [-0.05, 0) is 6.54 Å². The molecule has 11 heavy (non-hydrogen) atoms. The zero-order chi connectivity index (χ0) is 8.10. The van der Waals surface area contributed by atoms with Crippen LogP contribution in [0.25, 0.3) is 0 Å². The van der Waals surface area contributed by atoms with E-state index in [1.54, 1.807) is 0 Å². The minimum absolute atomic E-state index is 0.0477. The van der Waals surface area contributed by atoms with E-state index in [1.807, 2.05) is 0 Å². The molecular formula is C8H17N2O. The van der Waals surface area contributed by atoms with Gasteiger partial charge in [-0.15, -0.1) is 0 Å². The number of nitrogens with zero attached hydrogens (tertiary/aromatic N) is 2. The van der Waals surface area contributed by atoms with Gasteiger partial charge in [0.25, 0.3) is 0 Å². The van der Waals surface area contributed by atoms with E-state index in [4.69, 9.17) is 0 Å². The fourth-order valence-electron chi connectivity index (χ4n) is 1.46. The van der Waals surface area contributed by atoms with Gasteiger partial charge in [0.1, 0.15) is 0 Å². The van der Waals surface area contributed by atoms with E-state index < -0.39 is 0 Å². The average Bonchev–Trinajstić information content (AvgIpc) is 2.07. The maximum atomic E-state index is 10.3. The van der Waals surface area contributed by atoms with Gasteiger partial charge < -0.3 is 4.90 Å². The molecule has 0 aliphatic carbocycles. The maximum Gasteiger partial charge on any atom is 0.0949 e. The summed E-state index contributed by atoms with van der Waals surface area (Å²) in [5, 5.41) is 10.3. The second kappa shape index (κ2) is 4.70. The van der Waals surface area contributed by atoms with Crippen molar-refractivity contribution < 1.29 is 5.11 Å². The SMILES string of the molecule is CCN1CCN(CC[O])CC1. The molecule has 0 aromatic heterocycles. The van der Waals surface area contributed by atoms with Crippen LogP contribution in [0, 0.1) is 0 Å². The molecule has 1 aliphatic rings. The maximum absolute atomic E-state index is 10.3. The van der Waals surface area contributed by atoms with Gasteiger partial charge in [-0.2, -0.15) is 0 Å². The van der Waals surface area contributed by atoms with Crippen molar-refractivity contribution in [2.24, 2.45) is 0 Å². The Hall–Kier alpha value is -0.120. The molecule has 0 amide bonds. The van der Waals surface area contributed by atoms with Crippen molar-refractivity contribution in [3.05, 3.63) is 0 Å². The third-order valence-electron chi connectivity index (χ3n) is 2.32. The summed E-state index contributed by atoms with van der Waals surface area (Å²) in [4.78, 5) is 4.67. The van der Waals surface area contributed by atoms with Crippen LogP contribution in [0.15, 0.2) is 0 Å². The number of hydrogen-bond donors (Lipinski definition) is 0. The molecule has 1 heterocycles. The summed E-state index contributed by atoms with van der Waals surface area (Å²) >= 11 is 0. The van der Waals surface area contributed by atoms with Gasteiger partial charge in [-0.25, -0.2) is 5.11 Å². The van der Waals surface area contributed by atoms with Gasteiger partial charge in [0.05, 0.1) is 6.61 Å². The lowest BCUT2D eigenvalue weighted by Crippen LogP contribution is -2.46. The van der Waals surface area contributed by atoms with Gasteiger partial charge in [0.2, 0.25) is 0 Å². The van der Waals surface area contributed by atoms with Crippen molar-refractivity contribution >= 4 is 0 Å². The van der Waals surface area contributed by atoms with Crippen LogP contribution in [0.1, 0.15) is 6.92 Å². The molecule has 0 unspecified atom stereocenters. The molecule has 0 atom stereocenters. The fourth-order valence-corrected chi connectivity index (χ4v) is 1.46. The molecule has 1 aliphatic heterocycles. The predicted octanol–water partition coefficient (Wildman–Crippen LogP) is 0.0544. The molecule has 0 spiro atoms. The zero-order valence-corrected chi connectivity index (χ0v) is 7.25. The standard InChI is InChI=1S/C8H17N2O/c1-2-9-3-5-10(6-4-9)7-8-11/h2-8H2,1H3. The van der Waals surface area contributed by atoms with E-state index in [0.29, 0.717) is 0 Å². The average molecular weight is 157 g/mol. The highest BCUT2D eigenvalue weighted by atomic mass is 16.3. The molecule has 3 heteroatoms. The second-order valence-corrected chi connectivity index (χ2v) is 2.98. The lowest BCUT2D eigenvalue weighted by Gasteiger charge is -2.33. The molecule has 0 N–H and O–H groups in total. The highest BCUT2D eigenvalue weighted by Crippen LogP contribution is 1.99. The molecule has 0 aromatic rings. The van der Waals surface area contributed by atoms with Gasteiger partial charge in [-0.1, -0.05) is 6.92 Å². The number of hydrogen-bond acceptors (Lipinski definition) is 2. The van der Waals surface area contributed by atoms with Crippen LogP contribution in [0.5, 0.6) is 0 Å². The normalized spacial score (nSPS) is 22.4. The molecule has 0 bridgehead atoms. The molecule has 1 saturated heterocycles. The number of piperazine rings is 1. The quantitative estimate of drug-likeness (QED) is 0.579. The van der Waals surface area contributed by atoms with Crippen molar-refractivity contribution in [3.63, 3.8) is 0 Å². The summed E-state index contributed by atoms with van der Waals surface area (Å²) in [6.45, 7) is 8.54. The Morgan fingerprint density at radius 1 is 1.09 bits per heavy atom. The van der Waals surface area contributed by atoms with Gasteiger partial charge in [0.15, 0.2) is 0 Å². The Morgan fingerprint density at radius 3 is 2.09 bits per heavy atom. The molecule has 1 rings (SSSR count). The second-order valence-electron chi connectivity index (χ2n) is 2.98.